The first-order chi connectivity index (χ1) is 10.1. The Morgan fingerprint density at radius 1 is 1.24 bits per heavy atom. The number of hydrogen-bond donors (Lipinski definition) is 1. The van der Waals surface area contributed by atoms with Crippen molar-refractivity contribution in [2.75, 3.05) is 31.6 Å². The topological polar surface area (TPSA) is 18.5 Å². The number of anilines is 1. The van der Waals surface area contributed by atoms with Gasteiger partial charge in [-0.1, -0.05) is 39.0 Å². The minimum absolute atomic E-state index is 0.524. The zero-order chi connectivity index (χ0) is 15.2. The Kier molecular flexibility index (Phi) is 6.07. The van der Waals surface area contributed by atoms with E-state index in [1.165, 1.54) is 43.7 Å². The maximum Gasteiger partial charge on any atom is 0.0411 e. The van der Waals surface area contributed by atoms with Gasteiger partial charge in [0.1, 0.15) is 0 Å². The van der Waals surface area contributed by atoms with Crippen LogP contribution in [-0.2, 0) is 6.54 Å². The quantitative estimate of drug-likeness (QED) is 0.868. The maximum atomic E-state index is 3.54. The van der Waals surface area contributed by atoms with Gasteiger partial charge in [-0.05, 0) is 31.0 Å². The monoisotopic (exact) mass is 289 g/mol. The fourth-order valence-corrected chi connectivity index (χ4v) is 3.14. The molecule has 1 aromatic carbocycles. The van der Waals surface area contributed by atoms with Crippen molar-refractivity contribution in [1.82, 2.24) is 10.2 Å². The number of hydrogen-bond acceptors (Lipinski definition) is 3. The zero-order valence-corrected chi connectivity index (χ0v) is 14.1. The minimum Gasteiger partial charge on any atom is -0.371 e. The van der Waals surface area contributed by atoms with Crippen LogP contribution in [0.2, 0.25) is 0 Å². The Hall–Kier alpha value is -1.06. The SMILES string of the molecule is CCN1CCC(N(C)c2ccccc2CNC(C)C)CC1. The third kappa shape index (κ3) is 4.45. The summed E-state index contributed by atoms with van der Waals surface area (Å²) >= 11 is 0. The summed E-state index contributed by atoms with van der Waals surface area (Å²) < 4.78 is 0. The molecule has 2 rings (SSSR count). The fourth-order valence-electron chi connectivity index (χ4n) is 3.14. The molecule has 1 fully saturated rings. The normalized spacial score (nSPS) is 17.4. The number of rotatable bonds is 6. The highest BCUT2D eigenvalue weighted by molar-refractivity contribution is 5.54. The minimum atomic E-state index is 0.524. The molecule has 0 aliphatic carbocycles. The zero-order valence-electron chi connectivity index (χ0n) is 14.1. The van der Waals surface area contributed by atoms with E-state index in [0.29, 0.717) is 12.1 Å². The Labute approximate surface area is 130 Å². The number of nitrogens with one attached hydrogen (secondary N) is 1. The van der Waals surface area contributed by atoms with Gasteiger partial charge in [0.15, 0.2) is 0 Å². The number of nitrogens with zero attached hydrogens (tertiary/aromatic N) is 2. The molecule has 1 heterocycles. The molecular weight excluding hydrogens is 258 g/mol. The molecule has 0 unspecified atom stereocenters. The highest BCUT2D eigenvalue weighted by Crippen LogP contribution is 2.25. The average Bonchev–Trinajstić information content (AvgIpc) is 2.52. The summed E-state index contributed by atoms with van der Waals surface area (Å²) in [5.74, 6) is 0. The van der Waals surface area contributed by atoms with E-state index < -0.39 is 0 Å². The lowest BCUT2D eigenvalue weighted by Crippen LogP contribution is -2.43. The van der Waals surface area contributed by atoms with Crippen molar-refractivity contribution in [3.8, 4) is 0 Å². The predicted octanol–water partition coefficient (Wildman–Crippen LogP) is 3.11. The second kappa shape index (κ2) is 7.81. The van der Waals surface area contributed by atoms with Gasteiger partial charge in [-0.25, -0.2) is 0 Å². The van der Waals surface area contributed by atoms with Gasteiger partial charge in [0.25, 0.3) is 0 Å². The van der Waals surface area contributed by atoms with Crippen molar-refractivity contribution in [1.29, 1.82) is 0 Å². The van der Waals surface area contributed by atoms with E-state index in [9.17, 15) is 0 Å². The second-order valence-corrected chi connectivity index (χ2v) is 6.44. The number of para-hydroxylation sites is 1. The van der Waals surface area contributed by atoms with E-state index in [-0.39, 0.29) is 0 Å². The van der Waals surface area contributed by atoms with Gasteiger partial charge in [0, 0.05) is 44.5 Å². The van der Waals surface area contributed by atoms with Crippen LogP contribution in [0.5, 0.6) is 0 Å². The van der Waals surface area contributed by atoms with Crippen molar-refractivity contribution >= 4 is 5.69 Å². The van der Waals surface area contributed by atoms with Crippen LogP contribution in [0.15, 0.2) is 24.3 Å². The Morgan fingerprint density at radius 2 is 1.90 bits per heavy atom. The molecule has 0 bridgehead atoms. The average molecular weight is 289 g/mol. The lowest BCUT2D eigenvalue weighted by Gasteiger charge is -2.38. The highest BCUT2D eigenvalue weighted by Gasteiger charge is 2.22. The van der Waals surface area contributed by atoms with Crippen molar-refractivity contribution in [2.24, 2.45) is 0 Å². The molecule has 0 amide bonds. The van der Waals surface area contributed by atoms with Crippen molar-refractivity contribution in [3.63, 3.8) is 0 Å². The summed E-state index contributed by atoms with van der Waals surface area (Å²) in [6.07, 6.45) is 2.55. The molecule has 3 nitrogen and oxygen atoms in total. The van der Waals surface area contributed by atoms with Gasteiger partial charge >= 0.3 is 0 Å². The smallest absolute Gasteiger partial charge is 0.0411 e. The molecule has 118 valence electrons. The summed E-state index contributed by atoms with van der Waals surface area (Å²) in [7, 11) is 2.26. The van der Waals surface area contributed by atoms with Crippen molar-refractivity contribution in [3.05, 3.63) is 29.8 Å². The molecule has 1 N–H and O–H groups in total. The van der Waals surface area contributed by atoms with Crippen LogP contribution >= 0.6 is 0 Å². The molecule has 3 heteroatoms. The van der Waals surface area contributed by atoms with Crippen LogP contribution in [0.3, 0.4) is 0 Å². The Balaban J connectivity index is 2.03. The summed E-state index contributed by atoms with van der Waals surface area (Å²) in [6.45, 7) is 11.3. The standard InChI is InChI=1S/C18H31N3/c1-5-21-12-10-17(11-13-21)20(4)18-9-7-6-8-16(18)14-19-15(2)3/h6-9,15,17,19H,5,10-14H2,1-4H3. The molecule has 21 heavy (non-hydrogen) atoms. The molecule has 0 aromatic heterocycles. The van der Waals surface area contributed by atoms with Crippen LogP contribution in [-0.4, -0.2) is 43.7 Å². The molecule has 0 radical (unpaired) electrons. The maximum absolute atomic E-state index is 3.54. The van der Waals surface area contributed by atoms with Gasteiger partial charge in [-0.15, -0.1) is 0 Å². The van der Waals surface area contributed by atoms with Gasteiger partial charge in [-0.2, -0.15) is 0 Å². The molecule has 0 spiro atoms. The van der Waals surface area contributed by atoms with Gasteiger partial charge in [-0.3, -0.25) is 0 Å². The molecule has 0 atom stereocenters. The second-order valence-electron chi connectivity index (χ2n) is 6.44. The molecule has 1 saturated heterocycles. The first kappa shape index (κ1) is 16.3. The predicted molar refractivity (Wildman–Crippen MR) is 92.0 cm³/mol. The van der Waals surface area contributed by atoms with E-state index in [4.69, 9.17) is 0 Å². The molecule has 1 aliphatic heterocycles. The number of piperidine rings is 1. The van der Waals surface area contributed by atoms with E-state index in [2.05, 4.69) is 67.2 Å². The first-order valence-electron chi connectivity index (χ1n) is 8.38. The van der Waals surface area contributed by atoms with E-state index in [1.54, 1.807) is 0 Å². The van der Waals surface area contributed by atoms with Crippen LogP contribution in [0.25, 0.3) is 0 Å². The third-order valence-corrected chi connectivity index (χ3v) is 4.62. The molecule has 1 aromatic rings. The Bertz CT molecular complexity index is 422. The fraction of sp³-hybridized carbons (Fsp3) is 0.667. The molecular formula is C18H31N3. The molecule has 1 aliphatic rings. The summed E-state index contributed by atoms with van der Waals surface area (Å²) in [5, 5.41) is 3.54. The lowest BCUT2D eigenvalue weighted by atomic mass is 10.0. The van der Waals surface area contributed by atoms with E-state index >= 15 is 0 Å². The summed E-state index contributed by atoms with van der Waals surface area (Å²) in [6, 6.07) is 10.0. The van der Waals surface area contributed by atoms with Crippen molar-refractivity contribution < 1.29 is 0 Å². The summed E-state index contributed by atoms with van der Waals surface area (Å²) in [4.78, 5) is 5.06. The third-order valence-electron chi connectivity index (χ3n) is 4.62. The number of benzene rings is 1. The summed E-state index contributed by atoms with van der Waals surface area (Å²) in [5.41, 5.74) is 2.80. The first-order valence-corrected chi connectivity index (χ1v) is 8.38. The van der Waals surface area contributed by atoms with E-state index in [1.807, 2.05) is 0 Å². The lowest BCUT2D eigenvalue weighted by molar-refractivity contribution is 0.221. The van der Waals surface area contributed by atoms with Crippen LogP contribution < -0.4 is 10.2 Å². The highest BCUT2D eigenvalue weighted by atomic mass is 15.2. The van der Waals surface area contributed by atoms with Gasteiger partial charge < -0.3 is 15.1 Å². The molecule has 0 saturated carbocycles. The van der Waals surface area contributed by atoms with Crippen LogP contribution in [0, 0.1) is 0 Å². The Morgan fingerprint density at radius 3 is 2.52 bits per heavy atom. The van der Waals surface area contributed by atoms with Gasteiger partial charge in [0.2, 0.25) is 0 Å². The van der Waals surface area contributed by atoms with Crippen LogP contribution in [0.4, 0.5) is 5.69 Å². The van der Waals surface area contributed by atoms with Crippen molar-refractivity contribution in [2.45, 2.75) is 52.2 Å². The van der Waals surface area contributed by atoms with Crippen LogP contribution in [0.1, 0.15) is 39.2 Å². The van der Waals surface area contributed by atoms with E-state index in [0.717, 1.165) is 6.54 Å². The largest absolute Gasteiger partial charge is 0.371 e. The number of likely N-dealkylation sites (tertiary alicyclic amines) is 1. The van der Waals surface area contributed by atoms with Gasteiger partial charge in [0.05, 0.1) is 0 Å².